The number of amides is 1. The molecule has 0 aliphatic carbocycles. The molecule has 1 unspecified atom stereocenters. The van der Waals surface area contributed by atoms with Gasteiger partial charge >= 0.3 is 0 Å². The summed E-state index contributed by atoms with van der Waals surface area (Å²) in [6.45, 7) is 5.90. The average Bonchev–Trinajstić information content (AvgIpc) is 2.82. The Morgan fingerprint density at radius 1 is 0.903 bits per heavy atom. The van der Waals surface area contributed by atoms with Crippen LogP contribution >= 0.6 is 0 Å². The molecule has 1 fully saturated rings. The molecule has 3 rings (SSSR count). The quantitative estimate of drug-likeness (QED) is 0.612. The van der Waals surface area contributed by atoms with E-state index in [1.807, 2.05) is 54.3 Å². The van der Waals surface area contributed by atoms with Gasteiger partial charge in [-0.2, -0.15) is 0 Å². The van der Waals surface area contributed by atoms with Crippen molar-refractivity contribution in [2.75, 3.05) is 47.5 Å². The summed E-state index contributed by atoms with van der Waals surface area (Å²) >= 11 is 0. The second-order valence-electron chi connectivity index (χ2n) is 7.53. The lowest BCUT2D eigenvalue weighted by Crippen LogP contribution is -2.51. The maximum atomic E-state index is 12.8. The van der Waals surface area contributed by atoms with Gasteiger partial charge in [0.05, 0.1) is 27.9 Å². The molecule has 0 aromatic heterocycles. The van der Waals surface area contributed by atoms with Crippen LogP contribution in [0.25, 0.3) is 0 Å². The number of ether oxygens (including phenoxy) is 4. The first kappa shape index (κ1) is 22.9. The molecular weight excluding hydrogens is 396 g/mol. The molecule has 1 heterocycles. The first-order chi connectivity index (χ1) is 15.1. The molecule has 0 bridgehead atoms. The second-order valence-corrected chi connectivity index (χ2v) is 7.53. The van der Waals surface area contributed by atoms with E-state index in [9.17, 15) is 4.79 Å². The average molecular weight is 429 g/mol. The van der Waals surface area contributed by atoms with Crippen LogP contribution in [0.4, 0.5) is 0 Å². The standard InChI is InChI=1S/C24H32N2O5/c1-18(31-17-19-8-6-5-7-9-19)24(27)26-14-12-25(13-15-26)16-20-10-11-21(28-2)23(30-4)22(20)29-3/h5-11,18H,12-17H2,1-4H3. The minimum absolute atomic E-state index is 0.0410. The normalized spacial score (nSPS) is 15.4. The molecular formula is C24H32N2O5. The molecule has 1 aliphatic heterocycles. The van der Waals surface area contributed by atoms with Crippen LogP contribution in [-0.4, -0.2) is 69.3 Å². The number of hydrogen-bond acceptors (Lipinski definition) is 6. The van der Waals surface area contributed by atoms with Gasteiger partial charge in [0.25, 0.3) is 5.91 Å². The summed E-state index contributed by atoms with van der Waals surface area (Å²) in [5.41, 5.74) is 2.09. The summed E-state index contributed by atoms with van der Waals surface area (Å²) in [7, 11) is 4.85. The highest BCUT2D eigenvalue weighted by molar-refractivity contribution is 5.80. The van der Waals surface area contributed by atoms with Crippen molar-refractivity contribution in [3.8, 4) is 17.2 Å². The van der Waals surface area contributed by atoms with Crippen LogP contribution < -0.4 is 14.2 Å². The highest BCUT2D eigenvalue weighted by Gasteiger charge is 2.26. The zero-order chi connectivity index (χ0) is 22.2. The predicted molar refractivity (Wildman–Crippen MR) is 119 cm³/mol. The van der Waals surface area contributed by atoms with Crippen LogP contribution in [0, 0.1) is 0 Å². The van der Waals surface area contributed by atoms with Gasteiger partial charge < -0.3 is 23.8 Å². The fourth-order valence-corrected chi connectivity index (χ4v) is 3.78. The number of methoxy groups -OCH3 is 3. The van der Waals surface area contributed by atoms with Gasteiger partial charge in [-0.3, -0.25) is 9.69 Å². The number of rotatable bonds is 9. The van der Waals surface area contributed by atoms with Gasteiger partial charge in [-0.25, -0.2) is 0 Å². The van der Waals surface area contributed by atoms with Crippen molar-refractivity contribution < 1.29 is 23.7 Å². The third-order valence-corrected chi connectivity index (χ3v) is 5.55. The van der Waals surface area contributed by atoms with E-state index in [-0.39, 0.29) is 5.91 Å². The zero-order valence-electron chi connectivity index (χ0n) is 18.8. The zero-order valence-corrected chi connectivity index (χ0v) is 18.8. The number of carbonyl (C=O) groups excluding carboxylic acids is 1. The Bertz CT molecular complexity index is 851. The Morgan fingerprint density at radius 2 is 1.58 bits per heavy atom. The van der Waals surface area contributed by atoms with E-state index in [2.05, 4.69) is 4.90 Å². The van der Waals surface area contributed by atoms with Gasteiger partial charge in [-0.05, 0) is 18.6 Å². The van der Waals surface area contributed by atoms with E-state index in [1.54, 1.807) is 21.3 Å². The molecule has 0 saturated carbocycles. The number of hydrogen-bond donors (Lipinski definition) is 0. The van der Waals surface area contributed by atoms with Gasteiger partial charge in [-0.1, -0.05) is 36.4 Å². The van der Waals surface area contributed by atoms with Crippen LogP contribution in [0.2, 0.25) is 0 Å². The lowest BCUT2D eigenvalue weighted by atomic mass is 10.1. The van der Waals surface area contributed by atoms with Crippen molar-refractivity contribution in [1.82, 2.24) is 9.80 Å². The van der Waals surface area contributed by atoms with Crippen molar-refractivity contribution in [1.29, 1.82) is 0 Å². The molecule has 1 amide bonds. The Balaban J connectivity index is 1.53. The van der Waals surface area contributed by atoms with Crippen molar-refractivity contribution >= 4 is 5.91 Å². The van der Waals surface area contributed by atoms with Crippen LogP contribution in [0.1, 0.15) is 18.1 Å². The molecule has 0 N–H and O–H groups in total. The lowest BCUT2D eigenvalue weighted by Gasteiger charge is -2.36. The van der Waals surface area contributed by atoms with Crippen molar-refractivity contribution in [2.45, 2.75) is 26.2 Å². The molecule has 2 aromatic carbocycles. The van der Waals surface area contributed by atoms with Crippen molar-refractivity contribution in [3.05, 3.63) is 53.6 Å². The molecule has 1 saturated heterocycles. The molecule has 0 radical (unpaired) electrons. The third kappa shape index (κ3) is 5.68. The molecule has 1 aliphatic rings. The largest absolute Gasteiger partial charge is 0.493 e. The highest BCUT2D eigenvalue weighted by Crippen LogP contribution is 2.40. The van der Waals surface area contributed by atoms with Gasteiger partial charge in [0.2, 0.25) is 5.75 Å². The van der Waals surface area contributed by atoms with E-state index in [1.165, 1.54) is 0 Å². The lowest BCUT2D eigenvalue weighted by molar-refractivity contribution is -0.145. The van der Waals surface area contributed by atoms with Gasteiger partial charge in [-0.15, -0.1) is 0 Å². The van der Waals surface area contributed by atoms with E-state index in [4.69, 9.17) is 18.9 Å². The highest BCUT2D eigenvalue weighted by atomic mass is 16.5. The topological polar surface area (TPSA) is 60.5 Å². The van der Waals surface area contributed by atoms with Crippen LogP contribution in [0.5, 0.6) is 17.2 Å². The van der Waals surface area contributed by atoms with Crippen LogP contribution in [-0.2, 0) is 22.7 Å². The molecule has 2 aromatic rings. The SMILES string of the molecule is COc1ccc(CN2CCN(C(=O)C(C)OCc3ccccc3)CC2)c(OC)c1OC. The fourth-order valence-electron chi connectivity index (χ4n) is 3.78. The maximum absolute atomic E-state index is 12.8. The number of piperazine rings is 1. The fraction of sp³-hybridized carbons (Fsp3) is 0.458. The molecule has 168 valence electrons. The maximum Gasteiger partial charge on any atom is 0.251 e. The van der Waals surface area contributed by atoms with Crippen molar-refractivity contribution in [3.63, 3.8) is 0 Å². The van der Waals surface area contributed by atoms with E-state index >= 15 is 0 Å². The summed E-state index contributed by atoms with van der Waals surface area (Å²) < 4.78 is 22.2. The van der Waals surface area contributed by atoms with Gasteiger partial charge in [0.1, 0.15) is 6.10 Å². The van der Waals surface area contributed by atoms with Gasteiger partial charge in [0, 0.05) is 38.3 Å². The Morgan fingerprint density at radius 3 is 2.19 bits per heavy atom. The van der Waals surface area contributed by atoms with Crippen LogP contribution in [0.15, 0.2) is 42.5 Å². The molecule has 0 spiro atoms. The summed E-state index contributed by atoms with van der Waals surface area (Å²) in [5.74, 6) is 1.96. The third-order valence-electron chi connectivity index (χ3n) is 5.55. The van der Waals surface area contributed by atoms with E-state index < -0.39 is 6.10 Å². The smallest absolute Gasteiger partial charge is 0.251 e. The number of carbonyl (C=O) groups is 1. The Kier molecular flexibility index (Phi) is 8.14. The molecule has 7 heteroatoms. The number of benzene rings is 2. The first-order valence-corrected chi connectivity index (χ1v) is 10.5. The Labute approximate surface area is 184 Å². The summed E-state index contributed by atoms with van der Waals surface area (Å²) in [6, 6.07) is 13.8. The van der Waals surface area contributed by atoms with Gasteiger partial charge in [0.15, 0.2) is 11.5 Å². The monoisotopic (exact) mass is 428 g/mol. The van der Waals surface area contributed by atoms with E-state index in [0.29, 0.717) is 43.5 Å². The minimum atomic E-state index is -0.460. The number of nitrogens with zero attached hydrogens (tertiary/aromatic N) is 2. The molecule has 31 heavy (non-hydrogen) atoms. The summed E-state index contributed by atoms with van der Waals surface area (Å²) in [5, 5.41) is 0. The van der Waals surface area contributed by atoms with Crippen LogP contribution in [0.3, 0.4) is 0 Å². The summed E-state index contributed by atoms with van der Waals surface area (Å²) in [4.78, 5) is 17.0. The van der Waals surface area contributed by atoms with E-state index in [0.717, 1.165) is 24.2 Å². The first-order valence-electron chi connectivity index (χ1n) is 10.5. The molecule has 7 nitrogen and oxygen atoms in total. The second kappa shape index (κ2) is 11.0. The Hall–Kier alpha value is -2.77. The predicted octanol–water partition coefficient (Wildman–Crippen LogP) is 2.96. The molecule has 1 atom stereocenters. The summed E-state index contributed by atoms with van der Waals surface area (Å²) in [6.07, 6.45) is -0.460. The minimum Gasteiger partial charge on any atom is -0.493 e. The van der Waals surface area contributed by atoms with Crippen molar-refractivity contribution in [2.24, 2.45) is 0 Å².